The van der Waals surface area contributed by atoms with E-state index >= 15 is 0 Å². The van der Waals surface area contributed by atoms with Crippen molar-refractivity contribution >= 4 is 17.9 Å². The highest BCUT2D eigenvalue weighted by Crippen LogP contribution is 2.17. The van der Waals surface area contributed by atoms with Crippen LogP contribution in [0.15, 0.2) is 109 Å². The molecule has 0 aromatic rings. The molecule has 0 amide bonds. The third-order valence-corrected chi connectivity index (χ3v) is 13.8. The lowest BCUT2D eigenvalue weighted by atomic mass is 10.0. The molecule has 0 aliphatic heterocycles. The number of rotatable bonds is 58. The van der Waals surface area contributed by atoms with Gasteiger partial charge in [-0.25, -0.2) is 0 Å². The highest BCUT2D eigenvalue weighted by molar-refractivity contribution is 5.71. The van der Waals surface area contributed by atoms with Crippen molar-refractivity contribution < 1.29 is 28.6 Å². The third-order valence-electron chi connectivity index (χ3n) is 13.8. The van der Waals surface area contributed by atoms with Crippen LogP contribution in [-0.4, -0.2) is 37.2 Å². The molecule has 0 N–H and O–H groups in total. The van der Waals surface area contributed by atoms with Gasteiger partial charge in [-0.3, -0.25) is 14.4 Å². The number of allylic oxidation sites excluding steroid dienone is 18. The van der Waals surface area contributed by atoms with Crippen LogP contribution in [0.5, 0.6) is 0 Å². The molecule has 440 valence electrons. The summed E-state index contributed by atoms with van der Waals surface area (Å²) in [6.07, 6.45) is 88.3. The fourth-order valence-electron chi connectivity index (χ4n) is 8.99. The predicted octanol–water partition coefficient (Wildman–Crippen LogP) is 22.2. The van der Waals surface area contributed by atoms with E-state index in [2.05, 4.69) is 130 Å². The standard InChI is InChI=1S/C71H120O6/c1-4-7-10-13-16-19-22-25-27-29-31-33-34-35-36-38-39-41-43-46-49-52-55-58-61-64-70(73)76-67-68(66-75-69(72)63-60-57-54-51-48-45-24-21-18-15-12-9-6-3)77-71(74)65-62-59-56-53-50-47-44-42-40-37-32-30-28-26-23-20-17-14-11-8-5-2/h8-9,11-12,17-18,20-21,26,28,32,37,42,44-45,48,50,53,68H,4-7,10,13-16,19,22-25,27,29-31,33-36,38-41,43,46-47,49,51-52,54-67H2,1-3H3/b11-8-,12-9-,20-17-,21-18-,28-26-,37-32-,44-42-,48-45-,53-50-. The van der Waals surface area contributed by atoms with Crippen LogP contribution in [0.1, 0.15) is 303 Å². The molecule has 6 nitrogen and oxygen atoms in total. The Labute approximate surface area is 476 Å². The summed E-state index contributed by atoms with van der Waals surface area (Å²) in [5.74, 6) is -0.971. The summed E-state index contributed by atoms with van der Waals surface area (Å²) in [5, 5.41) is 0. The van der Waals surface area contributed by atoms with E-state index in [0.717, 1.165) is 116 Å². The Morgan fingerprint density at radius 3 is 0.818 bits per heavy atom. The number of esters is 3. The van der Waals surface area contributed by atoms with E-state index in [0.29, 0.717) is 19.3 Å². The fraction of sp³-hybridized carbons (Fsp3) is 0.704. The summed E-state index contributed by atoms with van der Waals surface area (Å²) >= 11 is 0. The SMILES string of the molecule is CC/C=C\C/C=C\C/C=C\C/C=C\C/C=C\C/C=C\CCCCC(=O)OC(COC(=O)CCCCC/C=C\C/C=C\C/C=C\CC)COC(=O)CCCCCCCCCCCCCCCCCCCCCCCCCCC. The van der Waals surface area contributed by atoms with Gasteiger partial charge in [0.2, 0.25) is 0 Å². The zero-order valence-corrected chi connectivity index (χ0v) is 50.4. The van der Waals surface area contributed by atoms with Gasteiger partial charge in [-0.05, 0) is 103 Å². The maximum atomic E-state index is 12.9. The first-order chi connectivity index (χ1) is 38.0. The molecular formula is C71H120O6. The average Bonchev–Trinajstić information content (AvgIpc) is 3.43. The van der Waals surface area contributed by atoms with Gasteiger partial charge in [-0.2, -0.15) is 0 Å². The van der Waals surface area contributed by atoms with Gasteiger partial charge in [0.25, 0.3) is 0 Å². The van der Waals surface area contributed by atoms with Crippen LogP contribution >= 0.6 is 0 Å². The van der Waals surface area contributed by atoms with Crippen molar-refractivity contribution in [3.05, 3.63) is 109 Å². The highest BCUT2D eigenvalue weighted by atomic mass is 16.6. The van der Waals surface area contributed by atoms with E-state index in [1.54, 1.807) is 0 Å². The molecule has 0 bridgehead atoms. The van der Waals surface area contributed by atoms with Gasteiger partial charge in [0.05, 0.1) is 0 Å². The van der Waals surface area contributed by atoms with Gasteiger partial charge < -0.3 is 14.2 Å². The topological polar surface area (TPSA) is 78.9 Å². The van der Waals surface area contributed by atoms with E-state index in [4.69, 9.17) is 14.2 Å². The summed E-state index contributed by atoms with van der Waals surface area (Å²) in [6.45, 7) is 6.38. The Kier molecular flexibility index (Phi) is 61.3. The van der Waals surface area contributed by atoms with Gasteiger partial charge in [-0.1, -0.05) is 291 Å². The first kappa shape index (κ1) is 73.1. The first-order valence-electron chi connectivity index (χ1n) is 32.4. The average molecular weight is 1070 g/mol. The molecule has 0 aliphatic rings. The predicted molar refractivity (Wildman–Crippen MR) is 334 cm³/mol. The molecule has 0 aromatic carbocycles. The van der Waals surface area contributed by atoms with Crippen LogP contribution in [0.2, 0.25) is 0 Å². The van der Waals surface area contributed by atoms with Crippen molar-refractivity contribution in [2.45, 2.75) is 309 Å². The lowest BCUT2D eigenvalue weighted by molar-refractivity contribution is -0.167. The summed E-state index contributed by atoms with van der Waals surface area (Å²) in [5.41, 5.74) is 0. The highest BCUT2D eigenvalue weighted by Gasteiger charge is 2.19. The first-order valence-corrected chi connectivity index (χ1v) is 32.4. The Balaban J connectivity index is 4.37. The van der Waals surface area contributed by atoms with Crippen molar-refractivity contribution in [3.63, 3.8) is 0 Å². The lowest BCUT2D eigenvalue weighted by Gasteiger charge is -2.18. The number of hydrogen-bond acceptors (Lipinski definition) is 6. The summed E-state index contributed by atoms with van der Waals surface area (Å²) < 4.78 is 16.9. The van der Waals surface area contributed by atoms with Crippen molar-refractivity contribution in [2.24, 2.45) is 0 Å². The molecule has 0 aromatic heterocycles. The van der Waals surface area contributed by atoms with Gasteiger partial charge in [0, 0.05) is 19.3 Å². The maximum Gasteiger partial charge on any atom is 0.306 e. The second-order valence-electron chi connectivity index (χ2n) is 21.3. The van der Waals surface area contributed by atoms with Gasteiger partial charge in [0.1, 0.15) is 13.2 Å². The minimum absolute atomic E-state index is 0.104. The Morgan fingerprint density at radius 1 is 0.273 bits per heavy atom. The molecule has 0 aliphatic carbocycles. The quantitative estimate of drug-likeness (QED) is 0.0261. The van der Waals surface area contributed by atoms with Crippen molar-refractivity contribution in [1.82, 2.24) is 0 Å². The molecule has 0 spiro atoms. The molecule has 0 fully saturated rings. The van der Waals surface area contributed by atoms with Crippen LogP contribution < -0.4 is 0 Å². The molecule has 0 saturated carbocycles. The normalized spacial score (nSPS) is 12.8. The summed E-state index contributed by atoms with van der Waals surface area (Å²) in [7, 11) is 0. The number of carbonyl (C=O) groups is 3. The van der Waals surface area contributed by atoms with Crippen molar-refractivity contribution in [3.8, 4) is 0 Å². The zero-order valence-electron chi connectivity index (χ0n) is 50.4. The molecule has 1 unspecified atom stereocenters. The maximum absolute atomic E-state index is 12.9. The summed E-state index contributed by atoms with van der Waals surface area (Å²) in [4.78, 5) is 38.3. The number of ether oxygens (including phenoxy) is 3. The van der Waals surface area contributed by atoms with Crippen LogP contribution in [0.25, 0.3) is 0 Å². The van der Waals surface area contributed by atoms with Gasteiger partial charge >= 0.3 is 17.9 Å². The number of unbranched alkanes of at least 4 members (excludes halogenated alkanes) is 29. The Bertz CT molecular complexity index is 1560. The largest absolute Gasteiger partial charge is 0.462 e. The van der Waals surface area contributed by atoms with Gasteiger partial charge in [-0.15, -0.1) is 0 Å². The molecule has 1 atom stereocenters. The van der Waals surface area contributed by atoms with E-state index in [-0.39, 0.29) is 37.5 Å². The molecule has 77 heavy (non-hydrogen) atoms. The van der Waals surface area contributed by atoms with E-state index in [9.17, 15) is 14.4 Å². The van der Waals surface area contributed by atoms with Crippen LogP contribution in [0.3, 0.4) is 0 Å². The van der Waals surface area contributed by atoms with Gasteiger partial charge in [0.15, 0.2) is 6.10 Å². The fourth-order valence-corrected chi connectivity index (χ4v) is 8.99. The van der Waals surface area contributed by atoms with Crippen molar-refractivity contribution in [1.29, 1.82) is 0 Å². The molecule has 6 heteroatoms. The minimum Gasteiger partial charge on any atom is -0.462 e. The van der Waals surface area contributed by atoms with Crippen LogP contribution in [0, 0.1) is 0 Å². The Morgan fingerprint density at radius 2 is 0.506 bits per heavy atom. The van der Waals surface area contributed by atoms with E-state index in [1.165, 1.54) is 141 Å². The minimum atomic E-state index is -0.815. The smallest absolute Gasteiger partial charge is 0.306 e. The van der Waals surface area contributed by atoms with Crippen LogP contribution in [0.4, 0.5) is 0 Å². The zero-order chi connectivity index (χ0) is 55.7. The lowest BCUT2D eigenvalue weighted by Crippen LogP contribution is -2.30. The molecule has 0 rings (SSSR count). The molecule has 0 radical (unpaired) electrons. The van der Waals surface area contributed by atoms with Crippen LogP contribution in [-0.2, 0) is 28.6 Å². The molecule has 0 saturated heterocycles. The monoisotopic (exact) mass is 1070 g/mol. The molecular weight excluding hydrogens is 949 g/mol. The Hall–Kier alpha value is -3.93. The van der Waals surface area contributed by atoms with E-state index in [1.807, 2.05) is 0 Å². The molecule has 0 heterocycles. The van der Waals surface area contributed by atoms with E-state index < -0.39 is 6.10 Å². The third kappa shape index (κ3) is 62.8. The van der Waals surface area contributed by atoms with Crippen molar-refractivity contribution in [2.75, 3.05) is 13.2 Å². The number of hydrogen-bond donors (Lipinski definition) is 0. The number of carbonyl (C=O) groups excluding carboxylic acids is 3. The second-order valence-corrected chi connectivity index (χ2v) is 21.3. The summed E-state index contributed by atoms with van der Waals surface area (Å²) in [6, 6.07) is 0. The second kappa shape index (κ2) is 64.6.